The smallest absolute Gasteiger partial charge is 0.368 e. The van der Waals surface area contributed by atoms with Crippen molar-refractivity contribution in [1.29, 1.82) is 0 Å². The van der Waals surface area contributed by atoms with E-state index in [0.29, 0.717) is 0 Å². The molecular weight excluding hydrogens is 372 g/mol. The van der Waals surface area contributed by atoms with Gasteiger partial charge in [0.1, 0.15) is 5.57 Å². The fourth-order valence-corrected chi connectivity index (χ4v) is 2.09. The molecule has 0 unspecified atom stereocenters. The van der Waals surface area contributed by atoms with E-state index in [4.69, 9.17) is 21.1 Å². The molecule has 0 amide bonds. The molecule has 0 bridgehead atoms. The topological polar surface area (TPSA) is 137 Å². The molecule has 0 aliphatic carbocycles. The van der Waals surface area contributed by atoms with Gasteiger partial charge in [-0.05, 0) is 26.0 Å². The summed E-state index contributed by atoms with van der Waals surface area (Å²) in [5, 5.41) is 5.29. The monoisotopic (exact) mass is 384 g/mol. The van der Waals surface area contributed by atoms with Crippen LogP contribution in [0.4, 0.5) is 0 Å². The van der Waals surface area contributed by atoms with Crippen LogP contribution in [0.5, 0.6) is 0 Å². The Morgan fingerprint density at radius 3 is 2.50 bits per heavy atom. The summed E-state index contributed by atoms with van der Waals surface area (Å²) in [6.07, 6.45) is 2.12. The second-order valence-electron chi connectivity index (χ2n) is 4.63. The van der Waals surface area contributed by atoms with E-state index in [9.17, 15) is 19.2 Å². The summed E-state index contributed by atoms with van der Waals surface area (Å²) < 4.78 is 14.1. The lowest BCUT2D eigenvalue weighted by molar-refractivity contribution is -0.137. The molecule has 1 N–H and O–H groups in total. The number of carbonyl (C=O) groups excluding carboxylic acids is 3. The normalized spacial score (nSPS) is 15.7. The minimum atomic E-state index is -0.925. The van der Waals surface area contributed by atoms with Gasteiger partial charge in [-0.3, -0.25) is 0 Å². The molecule has 0 saturated heterocycles. The number of halogens is 1. The van der Waals surface area contributed by atoms with Crippen LogP contribution in [0.15, 0.2) is 31.2 Å². The summed E-state index contributed by atoms with van der Waals surface area (Å²) in [6, 6.07) is 0. The summed E-state index contributed by atoms with van der Waals surface area (Å²) >= 11 is 6.01. The molecule has 138 valence electrons. The number of nitrogens with one attached hydrogen (secondary N) is 1. The predicted octanol–water partition coefficient (Wildman–Crippen LogP) is 1.13. The number of ether oxygens (including phenoxy) is 2. The van der Waals surface area contributed by atoms with E-state index < -0.39 is 23.5 Å². The highest BCUT2D eigenvalue weighted by molar-refractivity contribution is 6.51. The second-order valence-corrected chi connectivity index (χ2v) is 5.06. The lowest BCUT2D eigenvalue weighted by Gasteiger charge is -2.00. The van der Waals surface area contributed by atoms with Gasteiger partial charge in [-0.25, -0.2) is 24.3 Å². The number of hydrogen-bond donors (Lipinski definition) is 1. The van der Waals surface area contributed by atoms with Crippen LogP contribution < -0.4 is 5.63 Å². The van der Waals surface area contributed by atoms with E-state index in [-0.39, 0.29) is 40.8 Å². The third-order valence-corrected chi connectivity index (χ3v) is 3.16. The molecule has 0 atom stereocenters. The Hall–Kier alpha value is -3.14. The van der Waals surface area contributed by atoms with Crippen LogP contribution >= 0.6 is 11.6 Å². The van der Waals surface area contributed by atoms with Gasteiger partial charge in [-0.1, -0.05) is 16.8 Å². The summed E-state index contributed by atoms with van der Waals surface area (Å²) in [6.45, 7) is 3.31. The first-order chi connectivity index (χ1) is 12.4. The maximum atomic E-state index is 11.8. The van der Waals surface area contributed by atoms with Crippen LogP contribution in [0.25, 0.3) is 6.08 Å². The number of carbonyl (C=O) groups is 3. The fourth-order valence-electron chi connectivity index (χ4n) is 1.87. The molecule has 1 aromatic heterocycles. The number of allylic oxidation sites excluding steroid dienone is 2. The molecule has 0 fully saturated rings. The number of esters is 2. The Kier molecular flexibility index (Phi) is 6.12. The SMILES string of the molecule is CCOC(=O)C1=NOC(=O)C1=CC(Cl)=Cc1c(C(=O)OCC)[nH]oc1=O. The van der Waals surface area contributed by atoms with Crippen LogP contribution in [-0.2, 0) is 23.9 Å². The fraction of sp³-hybridized carbons (Fsp3) is 0.267. The molecule has 2 rings (SSSR count). The third-order valence-electron chi connectivity index (χ3n) is 2.94. The zero-order valence-electron chi connectivity index (χ0n) is 13.7. The zero-order chi connectivity index (χ0) is 19.3. The molecule has 0 aromatic carbocycles. The van der Waals surface area contributed by atoms with Crippen molar-refractivity contribution in [2.45, 2.75) is 13.8 Å². The van der Waals surface area contributed by atoms with E-state index >= 15 is 0 Å². The van der Waals surface area contributed by atoms with E-state index in [0.717, 1.165) is 12.2 Å². The zero-order valence-corrected chi connectivity index (χ0v) is 14.4. The molecule has 1 aromatic rings. The Morgan fingerprint density at radius 2 is 1.85 bits per heavy atom. The van der Waals surface area contributed by atoms with E-state index in [1.165, 1.54) is 0 Å². The molecule has 10 nitrogen and oxygen atoms in total. The Bertz CT molecular complexity index is 890. The Balaban J connectivity index is 2.37. The van der Waals surface area contributed by atoms with Crippen molar-refractivity contribution in [3.8, 4) is 0 Å². The summed E-state index contributed by atoms with van der Waals surface area (Å²) in [4.78, 5) is 51.4. The van der Waals surface area contributed by atoms with Gasteiger partial charge in [0.25, 0.3) is 0 Å². The quantitative estimate of drug-likeness (QED) is 0.437. The van der Waals surface area contributed by atoms with Crippen LogP contribution in [-0.4, -0.2) is 42.0 Å². The minimum Gasteiger partial charge on any atom is -0.461 e. The Morgan fingerprint density at radius 1 is 1.19 bits per heavy atom. The average Bonchev–Trinajstić information content (AvgIpc) is 3.12. The molecule has 1 aliphatic heterocycles. The van der Waals surface area contributed by atoms with Gasteiger partial charge >= 0.3 is 23.5 Å². The van der Waals surface area contributed by atoms with E-state index in [2.05, 4.69) is 19.7 Å². The van der Waals surface area contributed by atoms with Crippen molar-refractivity contribution in [3.63, 3.8) is 0 Å². The molecule has 0 saturated carbocycles. The predicted molar refractivity (Wildman–Crippen MR) is 87.4 cm³/mol. The molecule has 26 heavy (non-hydrogen) atoms. The molecule has 0 radical (unpaired) electrons. The number of rotatable bonds is 6. The van der Waals surface area contributed by atoms with Gasteiger partial charge in [0.05, 0.1) is 18.8 Å². The third kappa shape index (κ3) is 4.09. The molecular formula is C15H13ClN2O8. The first kappa shape index (κ1) is 19.2. The molecule has 0 spiro atoms. The number of oxime groups is 1. The van der Waals surface area contributed by atoms with Crippen molar-refractivity contribution >= 4 is 41.3 Å². The molecule has 2 heterocycles. The Labute approximate surface area is 151 Å². The van der Waals surface area contributed by atoms with Gasteiger partial charge in [0.2, 0.25) is 5.71 Å². The van der Waals surface area contributed by atoms with E-state index in [1.54, 1.807) is 13.8 Å². The standard InChI is InChI=1S/C15H13ClN2O8/c1-3-23-14(21)10-8(12(19)25-17-10)5-7(16)6-9-11(15(22)24-4-2)18-26-13(9)20/h5-6,17H,3-4H2,1-2H3. The summed E-state index contributed by atoms with van der Waals surface area (Å²) in [7, 11) is 0. The molecule has 11 heteroatoms. The number of aromatic amines is 1. The highest BCUT2D eigenvalue weighted by Crippen LogP contribution is 2.19. The second kappa shape index (κ2) is 8.30. The van der Waals surface area contributed by atoms with Crippen LogP contribution in [0, 0.1) is 0 Å². The van der Waals surface area contributed by atoms with Gasteiger partial charge in [0.15, 0.2) is 5.69 Å². The lowest BCUT2D eigenvalue weighted by atomic mass is 10.1. The number of H-pyrrole nitrogens is 1. The molecule has 1 aliphatic rings. The van der Waals surface area contributed by atoms with Crippen molar-refractivity contribution in [1.82, 2.24) is 5.16 Å². The van der Waals surface area contributed by atoms with Crippen LogP contribution in [0.1, 0.15) is 29.9 Å². The van der Waals surface area contributed by atoms with Gasteiger partial charge in [-0.2, -0.15) is 0 Å². The van der Waals surface area contributed by atoms with Crippen LogP contribution in [0.2, 0.25) is 0 Å². The summed E-state index contributed by atoms with van der Waals surface area (Å²) in [5.74, 6) is -2.62. The first-order valence-electron chi connectivity index (χ1n) is 7.33. The van der Waals surface area contributed by atoms with Gasteiger partial charge in [-0.15, -0.1) is 0 Å². The number of aromatic nitrogens is 1. The van der Waals surface area contributed by atoms with Crippen molar-refractivity contribution in [2.24, 2.45) is 5.16 Å². The first-order valence-corrected chi connectivity index (χ1v) is 7.71. The van der Waals surface area contributed by atoms with Crippen molar-refractivity contribution in [2.75, 3.05) is 13.2 Å². The van der Waals surface area contributed by atoms with Gasteiger partial charge < -0.3 is 18.8 Å². The van der Waals surface area contributed by atoms with Crippen molar-refractivity contribution in [3.05, 3.63) is 38.4 Å². The maximum Gasteiger partial charge on any atom is 0.368 e. The maximum absolute atomic E-state index is 11.8. The largest absolute Gasteiger partial charge is 0.461 e. The number of hydrogen-bond acceptors (Lipinski definition) is 9. The van der Waals surface area contributed by atoms with Crippen LogP contribution in [0.3, 0.4) is 0 Å². The summed E-state index contributed by atoms with van der Waals surface area (Å²) in [5.41, 5.74) is -1.97. The highest BCUT2D eigenvalue weighted by atomic mass is 35.5. The highest BCUT2D eigenvalue weighted by Gasteiger charge is 2.32. The average molecular weight is 385 g/mol. The van der Waals surface area contributed by atoms with E-state index in [1.807, 2.05) is 0 Å². The lowest BCUT2D eigenvalue weighted by Crippen LogP contribution is -2.19. The number of nitrogens with zero attached hydrogens (tertiary/aromatic N) is 1. The van der Waals surface area contributed by atoms with Crippen molar-refractivity contribution < 1.29 is 33.2 Å². The minimum absolute atomic E-state index is 0.0657. The van der Waals surface area contributed by atoms with Gasteiger partial charge in [0, 0.05) is 5.03 Å².